The van der Waals surface area contributed by atoms with Crippen molar-refractivity contribution in [3.8, 4) is 0 Å². The van der Waals surface area contributed by atoms with E-state index in [0.29, 0.717) is 18.2 Å². The molecule has 1 amide bonds. The molecule has 6 heteroatoms. The number of nitrogens with one attached hydrogen (secondary N) is 2. The molecular weight excluding hydrogens is 250 g/mol. The molecule has 0 aromatic heterocycles. The maximum atomic E-state index is 11.3. The molecule has 0 aliphatic carbocycles. The SMILES string of the molecule is CCN(CC)C(=S)NCCNC(=O)OC(C)(C)C. The van der Waals surface area contributed by atoms with E-state index in [0.717, 1.165) is 13.1 Å². The Morgan fingerprint density at radius 2 is 1.67 bits per heavy atom. The van der Waals surface area contributed by atoms with Crippen LogP contribution in [0.3, 0.4) is 0 Å². The normalized spacial score (nSPS) is 10.7. The highest BCUT2D eigenvalue weighted by atomic mass is 32.1. The van der Waals surface area contributed by atoms with Crippen molar-refractivity contribution in [1.82, 2.24) is 15.5 Å². The lowest BCUT2D eigenvalue weighted by Gasteiger charge is -2.23. The number of carbonyl (C=O) groups is 1. The molecule has 2 N–H and O–H groups in total. The molecular formula is C12H25N3O2S. The molecule has 0 bridgehead atoms. The van der Waals surface area contributed by atoms with Gasteiger partial charge in [0.15, 0.2) is 5.11 Å². The molecule has 106 valence electrons. The van der Waals surface area contributed by atoms with Crippen molar-refractivity contribution in [3.63, 3.8) is 0 Å². The van der Waals surface area contributed by atoms with Crippen LogP contribution in [0.4, 0.5) is 4.79 Å². The Kier molecular flexibility index (Phi) is 7.66. The first-order valence-electron chi connectivity index (χ1n) is 6.29. The monoisotopic (exact) mass is 275 g/mol. The zero-order valence-corrected chi connectivity index (χ0v) is 12.8. The fraction of sp³-hybridized carbons (Fsp3) is 0.833. The second-order valence-electron chi connectivity index (χ2n) is 4.83. The van der Waals surface area contributed by atoms with E-state index in [4.69, 9.17) is 17.0 Å². The van der Waals surface area contributed by atoms with E-state index < -0.39 is 11.7 Å². The summed E-state index contributed by atoms with van der Waals surface area (Å²) in [6, 6.07) is 0. The van der Waals surface area contributed by atoms with Crippen LogP contribution in [0.25, 0.3) is 0 Å². The molecule has 0 rings (SSSR count). The van der Waals surface area contributed by atoms with E-state index in [1.54, 1.807) is 0 Å². The third-order valence-corrected chi connectivity index (χ3v) is 2.52. The molecule has 0 saturated carbocycles. The van der Waals surface area contributed by atoms with Crippen LogP contribution in [0.5, 0.6) is 0 Å². The number of nitrogens with zero attached hydrogens (tertiary/aromatic N) is 1. The summed E-state index contributed by atoms with van der Waals surface area (Å²) in [6.07, 6.45) is -0.405. The van der Waals surface area contributed by atoms with Gasteiger partial charge in [0.2, 0.25) is 0 Å². The fourth-order valence-electron chi connectivity index (χ4n) is 1.27. The van der Waals surface area contributed by atoms with Gasteiger partial charge in [0.25, 0.3) is 0 Å². The van der Waals surface area contributed by atoms with Crippen molar-refractivity contribution >= 4 is 23.4 Å². The van der Waals surface area contributed by atoms with Gasteiger partial charge in [-0.2, -0.15) is 0 Å². The van der Waals surface area contributed by atoms with Crippen LogP contribution >= 0.6 is 12.2 Å². The molecule has 0 heterocycles. The Hall–Kier alpha value is -1.04. The first-order chi connectivity index (χ1) is 8.30. The van der Waals surface area contributed by atoms with Crippen LogP contribution < -0.4 is 10.6 Å². The number of thiocarbonyl (C=S) groups is 1. The van der Waals surface area contributed by atoms with Gasteiger partial charge < -0.3 is 20.3 Å². The van der Waals surface area contributed by atoms with E-state index >= 15 is 0 Å². The summed E-state index contributed by atoms with van der Waals surface area (Å²) in [5, 5.41) is 6.47. The number of hydrogen-bond acceptors (Lipinski definition) is 3. The maximum absolute atomic E-state index is 11.3. The number of alkyl carbamates (subject to hydrolysis) is 1. The number of hydrogen-bond donors (Lipinski definition) is 2. The molecule has 0 aliphatic rings. The van der Waals surface area contributed by atoms with E-state index in [2.05, 4.69) is 24.5 Å². The topological polar surface area (TPSA) is 53.6 Å². The highest BCUT2D eigenvalue weighted by Gasteiger charge is 2.15. The molecule has 0 aromatic carbocycles. The molecule has 0 saturated heterocycles. The Balaban J connectivity index is 3.74. The fourth-order valence-corrected chi connectivity index (χ4v) is 1.63. The van der Waals surface area contributed by atoms with Crippen LogP contribution in [0, 0.1) is 0 Å². The molecule has 0 radical (unpaired) electrons. The van der Waals surface area contributed by atoms with Crippen LogP contribution in [0.1, 0.15) is 34.6 Å². The largest absolute Gasteiger partial charge is 0.444 e. The van der Waals surface area contributed by atoms with E-state index in [1.807, 2.05) is 25.7 Å². The van der Waals surface area contributed by atoms with Crippen LogP contribution in [-0.4, -0.2) is 47.9 Å². The van der Waals surface area contributed by atoms with Crippen molar-refractivity contribution in [2.24, 2.45) is 0 Å². The third kappa shape index (κ3) is 8.11. The number of amides is 1. The maximum Gasteiger partial charge on any atom is 0.407 e. The molecule has 18 heavy (non-hydrogen) atoms. The summed E-state index contributed by atoms with van der Waals surface area (Å²) >= 11 is 5.21. The predicted molar refractivity (Wildman–Crippen MR) is 77.8 cm³/mol. The number of ether oxygens (including phenoxy) is 1. The molecule has 0 unspecified atom stereocenters. The minimum Gasteiger partial charge on any atom is -0.444 e. The van der Waals surface area contributed by atoms with Gasteiger partial charge in [0, 0.05) is 26.2 Å². The molecule has 0 aliphatic heterocycles. The van der Waals surface area contributed by atoms with Crippen LogP contribution in [0.15, 0.2) is 0 Å². The molecule has 5 nitrogen and oxygen atoms in total. The summed E-state index contributed by atoms with van der Waals surface area (Å²) in [5.74, 6) is 0. The smallest absolute Gasteiger partial charge is 0.407 e. The van der Waals surface area contributed by atoms with Gasteiger partial charge in [-0.3, -0.25) is 0 Å². The van der Waals surface area contributed by atoms with Gasteiger partial charge in [-0.05, 0) is 46.8 Å². The van der Waals surface area contributed by atoms with Gasteiger partial charge >= 0.3 is 6.09 Å². The van der Waals surface area contributed by atoms with Crippen molar-refractivity contribution in [1.29, 1.82) is 0 Å². The van der Waals surface area contributed by atoms with Gasteiger partial charge in [-0.1, -0.05) is 0 Å². The minimum absolute atomic E-state index is 0.405. The summed E-state index contributed by atoms with van der Waals surface area (Å²) in [4.78, 5) is 13.4. The first-order valence-corrected chi connectivity index (χ1v) is 6.70. The van der Waals surface area contributed by atoms with Crippen LogP contribution in [0.2, 0.25) is 0 Å². The second-order valence-corrected chi connectivity index (χ2v) is 5.22. The minimum atomic E-state index is -0.464. The lowest BCUT2D eigenvalue weighted by atomic mass is 10.2. The quantitative estimate of drug-likeness (QED) is 0.591. The Morgan fingerprint density at radius 1 is 1.17 bits per heavy atom. The summed E-state index contributed by atoms with van der Waals surface area (Å²) in [5.41, 5.74) is -0.464. The van der Waals surface area contributed by atoms with Crippen molar-refractivity contribution in [3.05, 3.63) is 0 Å². The van der Waals surface area contributed by atoms with Gasteiger partial charge in [-0.25, -0.2) is 4.79 Å². The summed E-state index contributed by atoms with van der Waals surface area (Å²) in [6.45, 7) is 12.4. The predicted octanol–water partition coefficient (Wildman–Crippen LogP) is 1.73. The van der Waals surface area contributed by atoms with Crippen molar-refractivity contribution in [2.75, 3.05) is 26.2 Å². The average molecular weight is 275 g/mol. The second kappa shape index (κ2) is 8.13. The van der Waals surface area contributed by atoms with E-state index in [9.17, 15) is 4.79 Å². The van der Waals surface area contributed by atoms with Crippen LogP contribution in [-0.2, 0) is 4.74 Å². The van der Waals surface area contributed by atoms with Gasteiger partial charge in [0.05, 0.1) is 0 Å². The first kappa shape index (κ1) is 17.0. The van der Waals surface area contributed by atoms with Crippen molar-refractivity contribution < 1.29 is 9.53 Å². The highest BCUT2D eigenvalue weighted by Crippen LogP contribution is 2.05. The number of rotatable bonds is 5. The molecule has 0 fully saturated rings. The zero-order valence-electron chi connectivity index (χ0n) is 12.0. The standard InChI is InChI=1S/C12H25N3O2S/c1-6-15(7-2)10(18)13-8-9-14-11(16)17-12(3,4)5/h6-9H2,1-5H3,(H,13,18)(H,14,16). The molecule has 0 aromatic rings. The molecule has 0 atom stereocenters. The highest BCUT2D eigenvalue weighted by molar-refractivity contribution is 7.80. The Labute approximate surface area is 115 Å². The summed E-state index contributed by atoms with van der Waals surface area (Å²) < 4.78 is 5.11. The average Bonchev–Trinajstić information content (AvgIpc) is 2.23. The Morgan fingerprint density at radius 3 is 2.11 bits per heavy atom. The summed E-state index contributed by atoms with van der Waals surface area (Å²) in [7, 11) is 0. The van der Waals surface area contributed by atoms with E-state index in [-0.39, 0.29) is 0 Å². The zero-order chi connectivity index (χ0) is 14.2. The Bertz CT molecular complexity index is 273. The lowest BCUT2D eigenvalue weighted by Crippen LogP contribution is -2.43. The third-order valence-electron chi connectivity index (χ3n) is 2.12. The van der Waals surface area contributed by atoms with E-state index in [1.165, 1.54) is 0 Å². The lowest BCUT2D eigenvalue weighted by molar-refractivity contribution is 0.0529. The van der Waals surface area contributed by atoms with Gasteiger partial charge in [0.1, 0.15) is 5.60 Å². The van der Waals surface area contributed by atoms with Crippen molar-refractivity contribution in [2.45, 2.75) is 40.2 Å². The number of carbonyl (C=O) groups excluding carboxylic acids is 1. The van der Waals surface area contributed by atoms with Gasteiger partial charge in [-0.15, -0.1) is 0 Å². The molecule has 0 spiro atoms.